The van der Waals surface area contributed by atoms with E-state index in [1.807, 2.05) is 32.5 Å². The standard InChI is InChI=1S/C13H23NO3S/c1-13(2,3)14(9-12(16)17)11(15)8-10-4-6-18-7-5-10/h10H,4-9H2,1-3H3,(H,16,17). The first-order chi connectivity index (χ1) is 8.30. The zero-order valence-electron chi connectivity index (χ0n) is 11.4. The molecular formula is C13H23NO3S. The number of rotatable bonds is 4. The second-order valence-corrected chi connectivity index (χ2v) is 7.03. The number of hydrogen-bond donors (Lipinski definition) is 1. The van der Waals surface area contributed by atoms with Crippen LogP contribution in [0, 0.1) is 5.92 Å². The Bertz CT molecular complexity index is 306. The summed E-state index contributed by atoms with van der Waals surface area (Å²) in [7, 11) is 0. The molecule has 0 aliphatic carbocycles. The first kappa shape index (κ1) is 15.3. The van der Waals surface area contributed by atoms with Gasteiger partial charge in [0, 0.05) is 12.0 Å². The molecule has 0 aromatic rings. The monoisotopic (exact) mass is 273 g/mol. The maximum Gasteiger partial charge on any atom is 0.323 e. The number of carboxylic acids is 1. The highest BCUT2D eigenvalue weighted by Crippen LogP contribution is 2.27. The summed E-state index contributed by atoms with van der Waals surface area (Å²) in [6.07, 6.45) is 2.63. The third kappa shape index (κ3) is 4.88. The summed E-state index contributed by atoms with van der Waals surface area (Å²) >= 11 is 1.93. The van der Waals surface area contributed by atoms with Crippen LogP contribution in [0.5, 0.6) is 0 Å². The van der Waals surface area contributed by atoms with Gasteiger partial charge in [-0.05, 0) is 51.0 Å². The summed E-state index contributed by atoms with van der Waals surface area (Å²) in [5.74, 6) is 1.69. The average molecular weight is 273 g/mol. The van der Waals surface area contributed by atoms with E-state index in [0.717, 1.165) is 24.3 Å². The molecule has 0 radical (unpaired) electrons. The SMILES string of the molecule is CC(C)(C)N(CC(=O)O)C(=O)CC1CCSCC1. The van der Waals surface area contributed by atoms with Crippen molar-refractivity contribution in [3.63, 3.8) is 0 Å². The largest absolute Gasteiger partial charge is 0.480 e. The molecule has 1 fully saturated rings. The van der Waals surface area contributed by atoms with Crippen LogP contribution in [0.2, 0.25) is 0 Å². The van der Waals surface area contributed by atoms with Gasteiger partial charge in [-0.25, -0.2) is 0 Å². The zero-order valence-corrected chi connectivity index (χ0v) is 12.3. The van der Waals surface area contributed by atoms with Crippen molar-refractivity contribution in [3.05, 3.63) is 0 Å². The van der Waals surface area contributed by atoms with Crippen LogP contribution in [0.3, 0.4) is 0 Å². The molecule has 0 bridgehead atoms. The number of aliphatic carboxylic acids is 1. The molecule has 1 aliphatic heterocycles. The van der Waals surface area contributed by atoms with Crippen molar-refractivity contribution in [1.82, 2.24) is 4.90 Å². The molecule has 104 valence electrons. The Morgan fingerprint density at radius 2 is 1.83 bits per heavy atom. The van der Waals surface area contributed by atoms with Crippen LogP contribution < -0.4 is 0 Å². The van der Waals surface area contributed by atoms with Crippen LogP contribution in [-0.2, 0) is 9.59 Å². The van der Waals surface area contributed by atoms with Crippen molar-refractivity contribution in [1.29, 1.82) is 0 Å². The first-order valence-electron chi connectivity index (χ1n) is 6.40. The third-order valence-corrected chi connectivity index (χ3v) is 4.26. The van der Waals surface area contributed by atoms with E-state index in [1.54, 1.807) is 0 Å². The second kappa shape index (κ2) is 6.45. The molecule has 1 saturated heterocycles. The lowest BCUT2D eigenvalue weighted by Gasteiger charge is -2.35. The lowest BCUT2D eigenvalue weighted by molar-refractivity contribution is -0.148. The Kier molecular flexibility index (Phi) is 5.50. The van der Waals surface area contributed by atoms with Crippen molar-refractivity contribution in [2.75, 3.05) is 18.1 Å². The molecule has 1 amide bonds. The molecule has 0 saturated carbocycles. The summed E-state index contributed by atoms with van der Waals surface area (Å²) in [4.78, 5) is 24.6. The summed E-state index contributed by atoms with van der Waals surface area (Å²) in [5, 5.41) is 8.90. The molecular weight excluding hydrogens is 250 g/mol. The molecule has 4 nitrogen and oxygen atoms in total. The van der Waals surface area contributed by atoms with Gasteiger partial charge in [-0.15, -0.1) is 0 Å². The molecule has 0 aromatic carbocycles. The van der Waals surface area contributed by atoms with Crippen molar-refractivity contribution in [2.24, 2.45) is 5.92 Å². The summed E-state index contributed by atoms with van der Waals surface area (Å²) in [6.45, 7) is 5.43. The van der Waals surface area contributed by atoms with Gasteiger partial charge in [-0.2, -0.15) is 11.8 Å². The fourth-order valence-electron chi connectivity index (χ4n) is 2.14. The van der Waals surface area contributed by atoms with Gasteiger partial charge in [-0.3, -0.25) is 9.59 Å². The maximum absolute atomic E-state index is 12.2. The van der Waals surface area contributed by atoms with Crippen LogP contribution in [0.25, 0.3) is 0 Å². The quantitative estimate of drug-likeness (QED) is 0.853. The predicted octanol–water partition coefficient (Wildman–Crippen LogP) is 2.23. The lowest BCUT2D eigenvalue weighted by Crippen LogP contribution is -2.48. The molecule has 1 heterocycles. The van der Waals surface area contributed by atoms with E-state index in [4.69, 9.17) is 5.11 Å². The zero-order chi connectivity index (χ0) is 13.8. The fraction of sp³-hybridized carbons (Fsp3) is 0.846. The number of hydrogen-bond acceptors (Lipinski definition) is 3. The molecule has 18 heavy (non-hydrogen) atoms. The van der Waals surface area contributed by atoms with E-state index in [1.165, 1.54) is 4.90 Å². The van der Waals surface area contributed by atoms with Gasteiger partial charge in [0.05, 0.1) is 0 Å². The van der Waals surface area contributed by atoms with E-state index < -0.39 is 11.5 Å². The van der Waals surface area contributed by atoms with Crippen LogP contribution in [-0.4, -0.2) is 45.5 Å². The van der Waals surface area contributed by atoms with E-state index in [2.05, 4.69) is 0 Å². The first-order valence-corrected chi connectivity index (χ1v) is 7.56. The molecule has 0 unspecified atom stereocenters. The number of carboxylic acid groups (broad SMARTS) is 1. The van der Waals surface area contributed by atoms with Crippen molar-refractivity contribution >= 4 is 23.6 Å². The average Bonchev–Trinajstić information content (AvgIpc) is 2.25. The topological polar surface area (TPSA) is 57.6 Å². The van der Waals surface area contributed by atoms with Crippen LogP contribution in [0.1, 0.15) is 40.0 Å². The Labute approximate surface area is 113 Å². The van der Waals surface area contributed by atoms with Crippen molar-refractivity contribution in [3.8, 4) is 0 Å². The molecule has 1 N–H and O–H groups in total. The minimum absolute atomic E-state index is 0.0261. The summed E-state index contributed by atoms with van der Waals surface area (Å²) in [5.41, 5.74) is -0.432. The van der Waals surface area contributed by atoms with Crippen LogP contribution in [0.15, 0.2) is 0 Å². The van der Waals surface area contributed by atoms with Crippen molar-refractivity contribution < 1.29 is 14.7 Å². The number of amides is 1. The smallest absolute Gasteiger partial charge is 0.323 e. The highest BCUT2D eigenvalue weighted by Gasteiger charge is 2.30. The van der Waals surface area contributed by atoms with Gasteiger partial charge >= 0.3 is 5.97 Å². The Morgan fingerprint density at radius 1 is 1.28 bits per heavy atom. The molecule has 0 aromatic heterocycles. The normalized spacial score (nSPS) is 17.5. The minimum atomic E-state index is -0.947. The Morgan fingerprint density at radius 3 is 2.28 bits per heavy atom. The highest BCUT2D eigenvalue weighted by molar-refractivity contribution is 7.99. The van der Waals surface area contributed by atoms with Gasteiger partial charge in [0.15, 0.2) is 0 Å². The molecule has 0 spiro atoms. The highest BCUT2D eigenvalue weighted by atomic mass is 32.2. The molecule has 0 atom stereocenters. The van der Waals surface area contributed by atoms with Gasteiger partial charge < -0.3 is 10.0 Å². The summed E-state index contributed by atoms with van der Waals surface area (Å²) < 4.78 is 0. The number of carbonyl (C=O) groups excluding carboxylic acids is 1. The van der Waals surface area contributed by atoms with E-state index in [-0.39, 0.29) is 12.5 Å². The molecule has 1 aliphatic rings. The van der Waals surface area contributed by atoms with Gasteiger partial charge in [-0.1, -0.05) is 0 Å². The fourth-order valence-corrected chi connectivity index (χ4v) is 3.35. The van der Waals surface area contributed by atoms with E-state index >= 15 is 0 Å². The number of thioether (sulfide) groups is 1. The van der Waals surface area contributed by atoms with Crippen LogP contribution >= 0.6 is 11.8 Å². The van der Waals surface area contributed by atoms with Gasteiger partial charge in [0.2, 0.25) is 5.91 Å². The Hall–Kier alpha value is -0.710. The molecule has 1 rings (SSSR count). The number of carbonyl (C=O) groups is 2. The predicted molar refractivity (Wildman–Crippen MR) is 73.8 cm³/mol. The van der Waals surface area contributed by atoms with Crippen molar-refractivity contribution in [2.45, 2.75) is 45.6 Å². The second-order valence-electron chi connectivity index (χ2n) is 5.80. The van der Waals surface area contributed by atoms with Crippen LogP contribution in [0.4, 0.5) is 0 Å². The van der Waals surface area contributed by atoms with Gasteiger partial charge in [0.25, 0.3) is 0 Å². The van der Waals surface area contributed by atoms with Gasteiger partial charge in [0.1, 0.15) is 6.54 Å². The third-order valence-electron chi connectivity index (χ3n) is 3.21. The van der Waals surface area contributed by atoms with E-state index in [9.17, 15) is 9.59 Å². The maximum atomic E-state index is 12.2. The number of nitrogens with zero attached hydrogens (tertiary/aromatic N) is 1. The van der Waals surface area contributed by atoms with E-state index in [0.29, 0.717) is 12.3 Å². The minimum Gasteiger partial charge on any atom is -0.480 e. The lowest BCUT2D eigenvalue weighted by atomic mass is 9.96. The summed E-state index contributed by atoms with van der Waals surface area (Å²) in [6, 6.07) is 0. The Balaban J connectivity index is 2.61. The molecule has 5 heteroatoms.